The summed E-state index contributed by atoms with van der Waals surface area (Å²) in [6.45, 7) is 2.46. The number of carbonyl (C=O) groups excluding carboxylic acids is 1. The Kier molecular flexibility index (Phi) is 7.80. The van der Waals surface area contributed by atoms with E-state index < -0.39 is 0 Å². The van der Waals surface area contributed by atoms with E-state index in [-0.39, 0.29) is 29.9 Å². The van der Waals surface area contributed by atoms with Gasteiger partial charge in [0.05, 0.1) is 6.54 Å². The molecule has 2 aliphatic rings. The Morgan fingerprint density at radius 1 is 1.38 bits per heavy atom. The second-order valence-electron chi connectivity index (χ2n) is 6.40. The molecule has 1 aliphatic carbocycles. The third-order valence-electron chi connectivity index (χ3n) is 4.78. The molecule has 134 valence electrons. The van der Waals surface area contributed by atoms with Crippen LogP contribution in [0.1, 0.15) is 37.0 Å². The van der Waals surface area contributed by atoms with Gasteiger partial charge in [-0.1, -0.05) is 18.9 Å². The minimum absolute atomic E-state index is 0. The summed E-state index contributed by atoms with van der Waals surface area (Å²) in [6.07, 6.45) is 5.59. The first-order chi connectivity index (χ1) is 11.3. The van der Waals surface area contributed by atoms with E-state index in [1.54, 1.807) is 18.4 Å². The topological polar surface area (TPSA) is 56.7 Å². The lowest BCUT2D eigenvalue weighted by Crippen LogP contribution is -2.45. The molecule has 24 heavy (non-hydrogen) atoms. The Labute approximate surface area is 165 Å². The van der Waals surface area contributed by atoms with Gasteiger partial charge in [-0.15, -0.1) is 35.3 Å². The summed E-state index contributed by atoms with van der Waals surface area (Å²) in [5, 5.41) is 8.88. The summed E-state index contributed by atoms with van der Waals surface area (Å²) >= 11 is 1.74. The van der Waals surface area contributed by atoms with E-state index in [0.29, 0.717) is 11.9 Å². The highest BCUT2D eigenvalue weighted by Gasteiger charge is 2.32. The molecular weight excluding hydrogens is 435 g/mol. The van der Waals surface area contributed by atoms with E-state index in [0.717, 1.165) is 44.9 Å². The minimum Gasteiger partial charge on any atom is -0.352 e. The molecule has 0 aromatic carbocycles. The Bertz CT molecular complexity index is 543. The summed E-state index contributed by atoms with van der Waals surface area (Å²) in [4.78, 5) is 20.1. The van der Waals surface area contributed by atoms with Gasteiger partial charge in [-0.3, -0.25) is 9.79 Å². The highest BCUT2D eigenvalue weighted by atomic mass is 127. The van der Waals surface area contributed by atoms with Crippen LogP contribution in [-0.2, 0) is 11.3 Å². The van der Waals surface area contributed by atoms with Gasteiger partial charge >= 0.3 is 0 Å². The lowest BCUT2D eigenvalue weighted by molar-refractivity contribution is -0.134. The van der Waals surface area contributed by atoms with Crippen molar-refractivity contribution in [2.75, 3.05) is 20.1 Å². The van der Waals surface area contributed by atoms with Crippen molar-refractivity contribution in [3.8, 4) is 0 Å². The molecule has 7 heteroatoms. The van der Waals surface area contributed by atoms with Crippen molar-refractivity contribution in [1.29, 1.82) is 0 Å². The second-order valence-corrected chi connectivity index (χ2v) is 7.43. The van der Waals surface area contributed by atoms with Crippen LogP contribution in [0.4, 0.5) is 0 Å². The standard InChI is InChI=1S/C17H26N4OS.HI/c1-18-17(19-11-15-7-4-10-23-15)20-14-8-9-21(12-14)16(22)13-5-2-3-6-13;/h4,7,10,13-14H,2-3,5-6,8-9,11-12H2,1H3,(H2,18,19,20);1H. The predicted octanol–water partition coefficient (Wildman–Crippen LogP) is 2.82. The molecule has 1 unspecified atom stereocenters. The van der Waals surface area contributed by atoms with Crippen molar-refractivity contribution in [3.05, 3.63) is 22.4 Å². The molecule has 0 bridgehead atoms. The van der Waals surface area contributed by atoms with Gasteiger partial charge in [0.15, 0.2) is 5.96 Å². The zero-order chi connectivity index (χ0) is 16.1. The molecule has 1 atom stereocenters. The van der Waals surface area contributed by atoms with E-state index in [9.17, 15) is 4.79 Å². The number of guanidine groups is 1. The molecule has 1 saturated heterocycles. The van der Waals surface area contributed by atoms with Crippen molar-refractivity contribution < 1.29 is 4.79 Å². The lowest BCUT2D eigenvalue weighted by Gasteiger charge is -2.21. The van der Waals surface area contributed by atoms with Gasteiger partial charge < -0.3 is 15.5 Å². The minimum atomic E-state index is 0. The van der Waals surface area contributed by atoms with Crippen LogP contribution in [0.3, 0.4) is 0 Å². The van der Waals surface area contributed by atoms with Crippen molar-refractivity contribution in [2.45, 2.75) is 44.7 Å². The van der Waals surface area contributed by atoms with Crippen LogP contribution in [0, 0.1) is 5.92 Å². The van der Waals surface area contributed by atoms with Crippen LogP contribution in [0.5, 0.6) is 0 Å². The van der Waals surface area contributed by atoms with Crippen LogP contribution in [0.25, 0.3) is 0 Å². The highest BCUT2D eigenvalue weighted by molar-refractivity contribution is 14.0. The maximum atomic E-state index is 12.5. The van der Waals surface area contributed by atoms with Crippen molar-refractivity contribution >= 4 is 47.2 Å². The highest BCUT2D eigenvalue weighted by Crippen LogP contribution is 2.27. The summed E-state index contributed by atoms with van der Waals surface area (Å²) in [5.41, 5.74) is 0. The van der Waals surface area contributed by atoms with Gasteiger partial charge in [0, 0.05) is 37.0 Å². The molecule has 2 N–H and O–H groups in total. The number of thiophene rings is 1. The molecule has 2 fully saturated rings. The third-order valence-corrected chi connectivity index (χ3v) is 5.66. The number of likely N-dealkylation sites (tertiary alicyclic amines) is 1. The largest absolute Gasteiger partial charge is 0.352 e. The zero-order valence-electron chi connectivity index (χ0n) is 14.2. The van der Waals surface area contributed by atoms with E-state index in [2.05, 4.69) is 33.1 Å². The van der Waals surface area contributed by atoms with Gasteiger partial charge in [-0.25, -0.2) is 0 Å². The number of hydrogen-bond donors (Lipinski definition) is 2. The fourth-order valence-electron chi connectivity index (χ4n) is 3.48. The number of hydrogen-bond acceptors (Lipinski definition) is 3. The molecule has 0 radical (unpaired) electrons. The number of aliphatic imine (C=N–C) groups is 1. The van der Waals surface area contributed by atoms with E-state index in [4.69, 9.17) is 0 Å². The lowest BCUT2D eigenvalue weighted by atomic mass is 10.1. The van der Waals surface area contributed by atoms with Gasteiger partial charge in [0.25, 0.3) is 0 Å². The quantitative estimate of drug-likeness (QED) is 0.411. The Morgan fingerprint density at radius 2 is 2.17 bits per heavy atom. The molecular formula is C17H27IN4OS. The van der Waals surface area contributed by atoms with Gasteiger partial charge in [-0.2, -0.15) is 0 Å². The predicted molar refractivity (Wildman–Crippen MR) is 110 cm³/mol. The third kappa shape index (κ3) is 5.08. The molecule has 3 rings (SSSR count). The molecule has 1 amide bonds. The molecule has 0 spiro atoms. The summed E-state index contributed by atoms with van der Waals surface area (Å²) in [6, 6.07) is 4.47. The fourth-order valence-corrected chi connectivity index (χ4v) is 4.13. The van der Waals surface area contributed by atoms with Crippen LogP contribution in [0.2, 0.25) is 0 Å². The fraction of sp³-hybridized carbons (Fsp3) is 0.647. The average molecular weight is 462 g/mol. The second kappa shape index (κ2) is 9.60. The maximum absolute atomic E-state index is 12.5. The Morgan fingerprint density at radius 3 is 2.83 bits per heavy atom. The van der Waals surface area contributed by atoms with Gasteiger partial charge in [0.1, 0.15) is 0 Å². The van der Waals surface area contributed by atoms with Crippen molar-refractivity contribution in [1.82, 2.24) is 15.5 Å². The van der Waals surface area contributed by atoms with E-state index in [1.807, 2.05) is 4.90 Å². The molecule has 1 aromatic rings. The first kappa shape index (κ1) is 19.5. The SMILES string of the molecule is CN=C(NCc1cccs1)NC1CCN(C(=O)C2CCCC2)C1.I. The van der Waals surface area contributed by atoms with Crippen LogP contribution in [0.15, 0.2) is 22.5 Å². The van der Waals surface area contributed by atoms with Crippen LogP contribution in [-0.4, -0.2) is 42.9 Å². The number of nitrogens with one attached hydrogen (secondary N) is 2. The normalized spacial score (nSPS) is 21.6. The summed E-state index contributed by atoms with van der Waals surface area (Å²) < 4.78 is 0. The van der Waals surface area contributed by atoms with E-state index in [1.165, 1.54) is 17.7 Å². The molecule has 5 nitrogen and oxygen atoms in total. The van der Waals surface area contributed by atoms with Crippen molar-refractivity contribution in [2.24, 2.45) is 10.9 Å². The molecule has 2 heterocycles. The van der Waals surface area contributed by atoms with Crippen LogP contribution < -0.4 is 10.6 Å². The average Bonchev–Trinajstić information content (AvgIpc) is 3.33. The van der Waals surface area contributed by atoms with Crippen LogP contribution >= 0.6 is 35.3 Å². The molecule has 1 saturated carbocycles. The number of amides is 1. The zero-order valence-corrected chi connectivity index (χ0v) is 17.3. The summed E-state index contributed by atoms with van der Waals surface area (Å²) in [7, 11) is 1.79. The molecule has 1 aliphatic heterocycles. The maximum Gasteiger partial charge on any atom is 0.225 e. The summed E-state index contributed by atoms with van der Waals surface area (Å²) in [5.74, 6) is 1.47. The smallest absolute Gasteiger partial charge is 0.225 e. The number of halogens is 1. The van der Waals surface area contributed by atoms with E-state index >= 15 is 0 Å². The first-order valence-corrected chi connectivity index (χ1v) is 9.42. The number of rotatable bonds is 4. The Hall–Kier alpha value is -0.830. The van der Waals surface area contributed by atoms with Gasteiger partial charge in [-0.05, 0) is 30.7 Å². The molecule has 1 aromatic heterocycles. The monoisotopic (exact) mass is 462 g/mol. The first-order valence-electron chi connectivity index (χ1n) is 8.54. The van der Waals surface area contributed by atoms with Crippen molar-refractivity contribution in [3.63, 3.8) is 0 Å². The number of nitrogens with zero attached hydrogens (tertiary/aromatic N) is 2. The van der Waals surface area contributed by atoms with Gasteiger partial charge in [0.2, 0.25) is 5.91 Å². The Balaban J connectivity index is 0.00000208. The number of carbonyl (C=O) groups is 1.